The van der Waals surface area contributed by atoms with E-state index >= 15 is 0 Å². The molecular weight excluding hydrogens is 356 g/mol. The number of fused-ring (bicyclic) bond motifs is 1. The lowest BCUT2D eigenvalue weighted by atomic mass is 10.1. The molecule has 0 bridgehead atoms. The Morgan fingerprint density at radius 3 is 2.75 bits per heavy atom. The van der Waals surface area contributed by atoms with Crippen molar-refractivity contribution in [1.29, 1.82) is 0 Å². The predicted molar refractivity (Wildman–Crippen MR) is 103 cm³/mol. The lowest BCUT2D eigenvalue weighted by Gasteiger charge is -2.38. The molecule has 5 rings (SSSR count). The van der Waals surface area contributed by atoms with E-state index in [0.717, 1.165) is 43.4 Å². The largest absolute Gasteiger partial charge is 0.349 e. The van der Waals surface area contributed by atoms with Crippen molar-refractivity contribution < 1.29 is 4.79 Å². The van der Waals surface area contributed by atoms with Crippen LogP contribution in [0.25, 0.3) is 5.65 Å². The molecule has 2 fully saturated rings. The molecule has 28 heavy (non-hydrogen) atoms. The number of piperazine rings is 1. The minimum absolute atomic E-state index is 0.0225. The van der Waals surface area contributed by atoms with Crippen LogP contribution in [0.4, 0.5) is 5.95 Å². The molecular formula is C19H22N8O. The van der Waals surface area contributed by atoms with Crippen molar-refractivity contribution >= 4 is 17.5 Å². The summed E-state index contributed by atoms with van der Waals surface area (Å²) in [6, 6.07) is 5.82. The van der Waals surface area contributed by atoms with E-state index in [1.165, 1.54) is 0 Å². The van der Waals surface area contributed by atoms with E-state index < -0.39 is 0 Å². The second-order valence-corrected chi connectivity index (χ2v) is 7.44. The van der Waals surface area contributed by atoms with E-state index in [-0.39, 0.29) is 11.9 Å². The molecule has 1 atom stereocenters. The fourth-order valence-electron chi connectivity index (χ4n) is 3.56. The first kappa shape index (κ1) is 17.1. The monoisotopic (exact) mass is 378 g/mol. The Morgan fingerprint density at radius 2 is 1.96 bits per heavy atom. The van der Waals surface area contributed by atoms with Crippen molar-refractivity contribution in [1.82, 2.24) is 34.8 Å². The Morgan fingerprint density at radius 1 is 1.14 bits per heavy atom. The standard InChI is InChI=1S/C19H22N8O/c1-25-9-10-26(19-20-7-2-8-21-19)12-15(25)17-24-23-16-6-3-13(11-27(16)17)18(28)22-14-4-5-14/h2-3,6-8,11,14-15H,4-5,9-10,12H2,1H3,(H,22,28)/t15-/m1/s1. The Hall–Kier alpha value is -3.07. The van der Waals surface area contributed by atoms with Crippen LogP contribution in [0.1, 0.15) is 35.1 Å². The van der Waals surface area contributed by atoms with Gasteiger partial charge in [-0.25, -0.2) is 9.97 Å². The minimum Gasteiger partial charge on any atom is -0.349 e. The maximum atomic E-state index is 12.4. The summed E-state index contributed by atoms with van der Waals surface area (Å²) in [6.07, 6.45) is 7.49. The molecule has 0 aromatic carbocycles. The number of anilines is 1. The average Bonchev–Trinajstić information content (AvgIpc) is 3.45. The normalized spacial score (nSPS) is 20.5. The van der Waals surface area contributed by atoms with Crippen LogP contribution < -0.4 is 10.2 Å². The van der Waals surface area contributed by atoms with Crippen molar-refractivity contribution in [3.63, 3.8) is 0 Å². The zero-order chi connectivity index (χ0) is 19.1. The number of nitrogens with one attached hydrogen (secondary N) is 1. The van der Waals surface area contributed by atoms with Crippen LogP contribution in [-0.4, -0.2) is 68.1 Å². The van der Waals surface area contributed by atoms with Gasteiger partial charge in [0.2, 0.25) is 5.95 Å². The van der Waals surface area contributed by atoms with E-state index in [1.54, 1.807) is 18.5 Å². The smallest absolute Gasteiger partial charge is 0.252 e. The second-order valence-electron chi connectivity index (χ2n) is 7.44. The Labute approximate surface area is 162 Å². The number of carbonyl (C=O) groups excluding carboxylic acids is 1. The lowest BCUT2D eigenvalue weighted by molar-refractivity contribution is 0.0950. The molecule has 1 aliphatic heterocycles. The van der Waals surface area contributed by atoms with Gasteiger partial charge in [-0.3, -0.25) is 14.1 Å². The van der Waals surface area contributed by atoms with Gasteiger partial charge in [0.15, 0.2) is 11.5 Å². The molecule has 1 amide bonds. The number of likely N-dealkylation sites (N-methyl/N-ethyl adjacent to an activating group) is 1. The maximum Gasteiger partial charge on any atom is 0.252 e. The highest BCUT2D eigenvalue weighted by atomic mass is 16.1. The highest BCUT2D eigenvalue weighted by Crippen LogP contribution is 2.25. The van der Waals surface area contributed by atoms with Crippen molar-refractivity contribution in [2.45, 2.75) is 24.9 Å². The van der Waals surface area contributed by atoms with Crippen molar-refractivity contribution in [2.75, 3.05) is 31.6 Å². The van der Waals surface area contributed by atoms with E-state index in [4.69, 9.17) is 0 Å². The Balaban J connectivity index is 1.45. The summed E-state index contributed by atoms with van der Waals surface area (Å²) in [5, 5.41) is 11.8. The molecule has 1 saturated carbocycles. The molecule has 0 spiro atoms. The van der Waals surface area contributed by atoms with Gasteiger partial charge in [0.1, 0.15) is 0 Å². The number of nitrogens with zero attached hydrogens (tertiary/aromatic N) is 7. The SMILES string of the molecule is CN1CCN(c2ncccn2)C[C@@H]1c1nnc2ccc(C(=O)NC3CC3)cn12. The topological polar surface area (TPSA) is 91.6 Å². The minimum atomic E-state index is -0.0413. The first-order chi connectivity index (χ1) is 13.7. The van der Waals surface area contributed by atoms with Crippen LogP contribution in [0.3, 0.4) is 0 Å². The predicted octanol–water partition coefficient (Wildman–Crippen LogP) is 0.905. The Bertz CT molecular complexity index is 1000. The summed E-state index contributed by atoms with van der Waals surface area (Å²) in [4.78, 5) is 25.6. The third-order valence-electron chi connectivity index (χ3n) is 5.38. The van der Waals surface area contributed by atoms with Crippen LogP contribution in [0.5, 0.6) is 0 Å². The van der Waals surface area contributed by atoms with E-state index in [9.17, 15) is 4.79 Å². The van der Waals surface area contributed by atoms with E-state index in [1.807, 2.05) is 22.7 Å². The number of pyridine rings is 1. The number of hydrogen-bond acceptors (Lipinski definition) is 7. The van der Waals surface area contributed by atoms with Gasteiger partial charge in [0.25, 0.3) is 5.91 Å². The summed E-state index contributed by atoms with van der Waals surface area (Å²) in [5.74, 6) is 1.50. The van der Waals surface area contributed by atoms with Gasteiger partial charge in [-0.2, -0.15) is 0 Å². The van der Waals surface area contributed by atoms with Crippen LogP contribution in [0.2, 0.25) is 0 Å². The molecule has 1 aliphatic carbocycles. The molecule has 0 radical (unpaired) electrons. The first-order valence-electron chi connectivity index (χ1n) is 9.57. The molecule has 9 heteroatoms. The van der Waals surface area contributed by atoms with Crippen LogP contribution in [0, 0.1) is 0 Å². The zero-order valence-electron chi connectivity index (χ0n) is 15.7. The number of carbonyl (C=O) groups is 1. The summed E-state index contributed by atoms with van der Waals surface area (Å²) in [5.41, 5.74) is 1.36. The summed E-state index contributed by atoms with van der Waals surface area (Å²) in [6.45, 7) is 2.42. The molecule has 0 unspecified atom stereocenters. The molecule has 2 aliphatic rings. The quantitative estimate of drug-likeness (QED) is 0.721. The summed E-state index contributed by atoms with van der Waals surface area (Å²) >= 11 is 0. The van der Waals surface area contributed by atoms with Gasteiger partial charge in [-0.05, 0) is 38.1 Å². The highest BCUT2D eigenvalue weighted by molar-refractivity contribution is 5.94. The molecule has 1 N–H and O–H groups in total. The van der Waals surface area contributed by atoms with Crippen LogP contribution >= 0.6 is 0 Å². The van der Waals surface area contributed by atoms with Gasteiger partial charge in [-0.1, -0.05) is 0 Å². The molecule has 3 aromatic heterocycles. The van der Waals surface area contributed by atoms with Crippen LogP contribution in [0.15, 0.2) is 36.8 Å². The third-order valence-corrected chi connectivity index (χ3v) is 5.38. The first-order valence-corrected chi connectivity index (χ1v) is 9.57. The number of hydrogen-bond donors (Lipinski definition) is 1. The van der Waals surface area contributed by atoms with Gasteiger partial charge in [0.05, 0.1) is 11.6 Å². The molecule has 3 aromatic rings. The highest BCUT2D eigenvalue weighted by Gasteiger charge is 2.31. The molecule has 4 heterocycles. The number of amides is 1. The number of aromatic nitrogens is 5. The maximum absolute atomic E-state index is 12.4. The van der Waals surface area contributed by atoms with E-state index in [2.05, 4.69) is 42.3 Å². The average molecular weight is 378 g/mol. The Kier molecular flexibility index (Phi) is 4.16. The van der Waals surface area contributed by atoms with Gasteiger partial charge in [0, 0.05) is 44.3 Å². The number of rotatable bonds is 4. The van der Waals surface area contributed by atoms with Gasteiger partial charge in [-0.15, -0.1) is 10.2 Å². The van der Waals surface area contributed by atoms with Crippen molar-refractivity contribution in [3.05, 3.63) is 48.2 Å². The fourth-order valence-corrected chi connectivity index (χ4v) is 3.56. The van der Waals surface area contributed by atoms with Gasteiger partial charge < -0.3 is 10.2 Å². The van der Waals surface area contributed by atoms with Crippen LogP contribution in [-0.2, 0) is 0 Å². The zero-order valence-corrected chi connectivity index (χ0v) is 15.7. The molecule has 1 saturated heterocycles. The summed E-state index contributed by atoms with van der Waals surface area (Å²) in [7, 11) is 2.08. The summed E-state index contributed by atoms with van der Waals surface area (Å²) < 4.78 is 1.93. The van der Waals surface area contributed by atoms with Crippen molar-refractivity contribution in [2.24, 2.45) is 0 Å². The van der Waals surface area contributed by atoms with Gasteiger partial charge >= 0.3 is 0 Å². The third kappa shape index (κ3) is 3.18. The van der Waals surface area contributed by atoms with Crippen molar-refractivity contribution in [3.8, 4) is 0 Å². The molecule has 9 nitrogen and oxygen atoms in total. The lowest BCUT2D eigenvalue weighted by Crippen LogP contribution is -2.47. The van der Waals surface area contributed by atoms with E-state index in [0.29, 0.717) is 18.2 Å². The fraction of sp³-hybridized carbons (Fsp3) is 0.421. The second kappa shape index (κ2) is 6.83. The molecule has 144 valence electrons.